The first-order valence-electron chi connectivity index (χ1n) is 11.5. The number of aryl methyl sites for hydroxylation is 2. The Morgan fingerprint density at radius 1 is 1.08 bits per heavy atom. The van der Waals surface area contributed by atoms with Crippen LogP contribution in [0.1, 0.15) is 42.4 Å². The third-order valence-corrected chi connectivity index (χ3v) is 6.31. The predicted octanol–water partition coefficient (Wildman–Crippen LogP) is 5.43. The molecule has 39 heavy (non-hydrogen) atoms. The highest BCUT2D eigenvalue weighted by atomic mass is 79.9. The minimum absolute atomic E-state index is 0.00112. The van der Waals surface area contributed by atoms with Gasteiger partial charge in [0.25, 0.3) is 5.56 Å². The van der Waals surface area contributed by atoms with Crippen LogP contribution >= 0.6 is 15.9 Å². The third-order valence-electron chi connectivity index (χ3n) is 5.63. The third kappa shape index (κ3) is 5.98. The molecule has 0 aliphatic carbocycles. The number of nitrogens with zero attached hydrogens (tertiary/aromatic N) is 5. The van der Waals surface area contributed by atoms with Crippen molar-refractivity contribution in [2.24, 2.45) is 0 Å². The van der Waals surface area contributed by atoms with Crippen LogP contribution in [0.5, 0.6) is 5.88 Å². The number of hydrogen-bond donors (Lipinski definition) is 1. The summed E-state index contributed by atoms with van der Waals surface area (Å²) in [6.45, 7) is 5.89. The van der Waals surface area contributed by atoms with Gasteiger partial charge in [-0.15, -0.1) is 0 Å². The van der Waals surface area contributed by atoms with E-state index >= 15 is 0 Å². The van der Waals surface area contributed by atoms with Crippen molar-refractivity contribution in [1.29, 1.82) is 0 Å². The fourth-order valence-corrected chi connectivity index (χ4v) is 4.06. The minimum Gasteiger partial charge on any atom is -0.470 e. The van der Waals surface area contributed by atoms with E-state index in [-0.39, 0.29) is 40.0 Å². The topological polar surface area (TPSA) is 103 Å². The molecule has 204 valence electrons. The first-order valence-corrected chi connectivity index (χ1v) is 12.3. The summed E-state index contributed by atoms with van der Waals surface area (Å²) < 4.78 is 60.3. The second kappa shape index (κ2) is 10.5. The molecule has 4 rings (SSSR count). The van der Waals surface area contributed by atoms with Gasteiger partial charge in [-0.25, -0.2) is 19.3 Å². The molecule has 0 saturated carbocycles. The zero-order valence-electron chi connectivity index (χ0n) is 21.1. The van der Waals surface area contributed by atoms with E-state index in [0.717, 1.165) is 12.3 Å². The van der Waals surface area contributed by atoms with E-state index in [1.807, 2.05) is 0 Å². The molecule has 13 heteroatoms. The van der Waals surface area contributed by atoms with Gasteiger partial charge in [-0.1, -0.05) is 18.2 Å². The van der Waals surface area contributed by atoms with Crippen LogP contribution in [0.4, 0.5) is 17.6 Å². The molecule has 4 aromatic rings. The fraction of sp³-hybridized carbons (Fsp3) is 0.269. The minimum atomic E-state index is -4.61. The summed E-state index contributed by atoms with van der Waals surface area (Å²) in [4.78, 5) is 29.3. The normalized spacial score (nSPS) is 12.1. The summed E-state index contributed by atoms with van der Waals surface area (Å²) in [5.41, 5.74) is -1.70. The summed E-state index contributed by atoms with van der Waals surface area (Å²) in [5, 5.41) is 10.3. The molecule has 0 atom stereocenters. The first kappa shape index (κ1) is 28.3. The van der Waals surface area contributed by atoms with Gasteiger partial charge in [0.05, 0.1) is 17.6 Å². The molecule has 8 nitrogen and oxygen atoms in total. The maximum atomic E-state index is 14.7. The number of aromatic nitrogens is 5. The van der Waals surface area contributed by atoms with Gasteiger partial charge in [0.2, 0.25) is 5.88 Å². The number of pyridine rings is 1. The largest absolute Gasteiger partial charge is 0.470 e. The van der Waals surface area contributed by atoms with Crippen LogP contribution in [0.25, 0.3) is 16.9 Å². The Bertz CT molecular complexity index is 1620. The average Bonchev–Trinajstić information content (AvgIpc) is 2.86. The number of alkyl halides is 3. The molecule has 3 aromatic heterocycles. The van der Waals surface area contributed by atoms with Crippen molar-refractivity contribution in [1.82, 2.24) is 24.5 Å². The van der Waals surface area contributed by atoms with Crippen LogP contribution in [0.3, 0.4) is 0 Å². The van der Waals surface area contributed by atoms with Crippen LogP contribution in [-0.4, -0.2) is 29.6 Å². The Morgan fingerprint density at radius 3 is 2.46 bits per heavy atom. The van der Waals surface area contributed by atoms with E-state index < -0.39 is 28.8 Å². The highest BCUT2D eigenvalue weighted by molar-refractivity contribution is 9.10. The molecule has 0 saturated heterocycles. The fourth-order valence-electron chi connectivity index (χ4n) is 3.68. The van der Waals surface area contributed by atoms with Crippen molar-refractivity contribution in [3.8, 4) is 22.8 Å². The molecular weight excluding hydrogens is 586 g/mol. The lowest BCUT2D eigenvalue weighted by Crippen LogP contribution is -2.24. The molecule has 0 unspecified atom stereocenters. The SMILES string of the molecule is Cc1ccc(-c2nc(C(C)(C)O)ncc2F)cc1-n1c(C)nc(OCc2cccc(C(F)(F)F)n2)c(Br)c1=O. The van der Waals surface area contributed by atoms with E-state index in [9.17, 15) is 27.5 Å². The predicted molar refractivity (Wildman–Crippen MR) is 137 cm³/mol. The Morgan fingerprint density at radius 2 is 1.79 bits per heavy atom. The Hall–Kier alpha value is -3.71. The molecule has 0 radical (unpaired) electrons. The smallest absolute Gasteiger partial charge is 0.433 e. The summed E-state index contributed by atoms with van der Waals surface area (Å²) >= 11 is 3.18. The number of aliphatic hydroxyl groups is 1. The monoisotopic (exact) mass is 607 g/mol. The first-order chi connectivity index (χ1) is 18.2. The standard InChI is InChI=1S/C26H22BrF4N5O3/c1-13-8-9-15(21-17(28)11-32-24(35-21)25(3,4)38)10-18(13)36-14(2)33-22(20(27)23(36)37)39-12-16-6-5-7-19(34-16)26(29,30)31/h5-11,38H,12H2,1-4H3. The van der Waals surface area contributed by atoms with Gasteiger partial charge in [-0.2, -0.15) is 18.2 Å². The van der Waals surface area contributed by atoms with Crippen molar-refractivity contribution in [2.45, 2.75) is 46.1 Å². The molecule has 0 amide bonds. The van der Waals surface area contributed by atoms with Gasteiger partial charge < -0.3 is 9.84 Å². The van der Waals surface area contributed by atoms with Gasteiger partial charge in [0.15, 0.2) is 11.6 Å². The zero-order valence-corrected chi connectivity index (χ0v) is 22.7. The molecule has 1 aromatic carbocycles. The van der Waals surface area contributed by atoms with Crippen LogP contribution in [-0.2, 0) is 18.4 Å². The van der Waals surface area contributed by atoms with Gasteiger partial charge in [0, 0.05) is 5.56 Å². The highest BCUT2D eigenvalue weighted by Gasteiger charge is 2.32. The lowest BCUT2D eigenvalue weighted by atomic mass is 10.1. The second-order valence-electron chi connectivity index (χ2n) is 9.17. The van der Waals surface area contributed by atoms with Crippen LogP contribution in [0.15, 0.2) is 51.9 Å². The van der Waals surface area contributed by atoms with Crippen molar-refractivity contribution in [2.75, 3.05) is 0 Å². The van der Waals surface area contributed by atoms with Crippen molar-refractivity contribution >= 4 is 15.9 Å². The Balaban J connectivity index is 1.71. The van der Waals surface area contributed by atoms with Gasteiger partial charge >= 0.3 is 6.18 Å². The van der Waals surface area contributed by atoms with Gasteiger partial charge in [0.1, 0.15) is 33.9 Å². The van der Waals surface area contributed by atoms with Crippen molar-refractivity contribution in [3.05, 3.63) is 91.8 Å². The quantitative estimate of drug-likeness (QED) is 0.292. The summed E-state index contributed by atoms with van der Waals surface area (Å²) in [5.74, 6) is -0.613. The Kier molecular flexibility index (Phi) is 7.59. The number of ether oxygens (including phenoxy) is 1. The van der Waals surface area contributed by atoms with Crippen LogP contribution in [0, 0.1) is 19.7 Å². The zero-order chi connectivity index (χ0) is 28.7. The second-order valence-corrected chi connectivity index (χ2v) is 9.96. The van der Waals surface area contributed by atoms with E-state index in [4.69, 9.17) is 4.74 Å². The maximum Gasteiger partial charge on any atom is 0.433 e. The summed E-state index contributed by atoms with van der Waals surface area (Å²) in [6.07, 6.45) is -3.64. The maximum absolute atomic E-state index is 14.7. The molecule has 3 heterocycles. The summed E-state index contributed by atoms with van der Waals surface area (Å²) in [7, 11) is 0. The number of halogens is 5. The lowest BCUT2D eigenvalue weighted by molar-refractivity contribution is -0.141. The molecule has 1 N–H and O–H groups in total. The molecule has 0 aliphatic heterocycles. The van der Waals surface area contributed by atoms with Gasteiger partial charge in [-0.05, 0) is 67.4 Å². The molecular formula is C26H22BrF4N5O3. The van der Waals surface area contributed by atoms with Gasteiger partial charge in [-0.3, -0.25) is 9.36 Å². The van der Waals surface area contributed by atoms with Crippen molar-refractivity contribution < 1.29 is 27.4 Å². The van der Waals surface area contributed by atoms with E-state index in [2.05, 4.69) is 35.9 Å². The van der Waals surface area contributed by atoms with E-state index in [0.29, 0.717) is 16.8 Å². The number of hydrogen-bond acceptors (Lipinski definition) is 7. The van der Waals surface area contributed by atoms with E-state index in [1.54, 1.807) is 32.0 Å². The van der Waals surface area contributed by atoms with Crippen LogP contribution in [0.2, 0.25) is 0 Å². The van der Waals surface area contributed by atoms with E-state index in [1.165, 1.54) is 30.5 Å². The average molecular weight is 608 g/mol. The highest BCUT2D eigenvalue weighted by Crippen LogP contribution is 2.30. The van der Waals surface area contributed by atoms with Crippen molar-refractivity contribution in [3.63, 3.8) is 0 Å². The molecule has 0 fully saturated rings. The lowest BCUT2D eigenvalue weighted by Gasteiger charge is -2.18. The molecule has 0 aliphatic rings. The van der Waals surface area contributed by atoms with Crippen LogP contribution < -0.4 is 10.3 Å². The molecule has 0 bridgehead atoms. The molecule has 0 spiro atoms. The Labute approximate surface area is 228 Å². The summed E-state index contributed by atoms with van der Waals surface area (Å²) in [6, 6.07) is 8.28. The number of benzene rings is 1. The number of rotatable bonds is 6.